The average molecular weight is 245 g/mol. The van der Waals surface area contributed by atoms with E-state index < -0.39 is 0 Å². The summed E-state index contributed by atoms with van der Waals surface area (Å²) in [6, 6.07) is 5.19. The molecule has 0 spiro atoms. The molecule has 1 aromatic rings. The zero-order chi connectivity index (χ0) is 10.8. The Kier molecular flexibility index (Phi) is 3.67. The lowest BCUT2D eigenvalue weighted by molar-refractivity contribution is 0.205. The number of hydrogen-bond donors (Lipinski definition) is 1. The van der Waals surface area contributed by atoms with Crippen LogP contribution in [0.15, 0.2) is 12.1 Å². The van der Waals surface area contributed by atoms with Gasteiger partial charge in [-0.2, -0.15) is 0 Å². The maximum absolute atomic E-state index is 5.96. The molecule has 1 aliphatic carbocycles. The average Bonchev–Trinajstić information content (AvgIpc) is 2.98. The predicted molar refractivity (Wildman–Crippen MR) is 66.5 cm³/mol. The summed E-state index contributed by atoms with van der Waals surface area (Å²) in [5.74, 6) is 0. The van der Waals surface area contributed by atoms with Crippen LogP contribution >= 0.6 is 22.9 Å². The van der Waals surface area contributed by atoms with Crippen LogP contribution in [0, 0.1) is 0 Å². The number of halogens is 1. The maximum Gasteiger partial charge on any atom is 0.0931 e. The van der Waals surface area contributed by atoms with Gasteiger partial charge in [-0.3, -0.25) is 4.90 Å². The van der Waals surface area contributed by atoms with Crippen molar-refractivity contribution in [3.63, 3.8) is 0 Å². The third-order valence-corrected chi connectivity index (χ3v) is 4.26. The summed E-state index contributed by atoms with van der Waals surface area (Å²) in [7, 11) is 0. The molecule has 84 valence electrons. The van der Waals surface area contributed by atoms with Gasteiger partial charge in [0.2, 0.25) is 0 Å². The molecule has 1 atom stereocenters. The summed E-state index contributed by atoms with van der Waals surface area (Å²) in [6.45, 7) is 3.96. The Hall–Kier alpha value is -0.0900. The van der Waals surface area contributed by atoms with Crippen molar-refractivity contribution in [2.75, 3.05) is 13.1 Å². The largest absolute Gasteiger partial charge is 0.329 e. The summed E-state index contributed by atoms with van der Waals surface area (Å²) in [4.78, 5) is 3.80. The van der Waals surface area contributed by atoms with Gasteiger partial charge in [-0.05, 0) is 31.5 Å². The van der Waals surface area contributed by atoms with Crippen molar-refractivity contribution >= 4 is 22.9 Å². The van der Waals surface area contributed by atoms with E-state index in [2.05, 4.69) is 17.9 Å². The third-order valence-electron chi connectivity index (χ3n) is 2.93. The molecular weight excluding hydrogens is 228 g/mol. The van der Waals surface area contributed by atoms with Gasteiger partial charge in [-0.1, -0.05) is 18.5 Å². The predicted octanol–water partition coefficient (Wildman–Crippen LogP) is 2.89. The number of thiophene rings is 1. The van der Waals surface area contributed by atoms with Crippen LogP contribution < -0.4 is 5.73 Å². The lowest BCUT2D eigenvalue weighted by Gasteiger charge is -2.28. The van der Waals surface area contributed by atoms with Crippen LogP contribution in [0.5, 0.6) is 0 Å². The van der Waals surface area contributed by atoms with E-state index in [1.165, 1.54) is 17.7 Å². The normalized spacial score (nSPS) is 18.4. The van der Waals surface area contributed by atoms with E-state index in [0.29, 0.717) is 12.6 Å². The summed E-state index contributed by atoms with van der Waals surface area (Å²) in [5, 5.41) is 0. The molecule has 0 radical (unpaired) electrons. The molecule has 1 saturated carbocycles. The van der Waals surface area contributed by atoms with E-state index >= 15 is 0 Å². The molecule has 2 N–H and O–H groups in total. The summed E-state index contributed by atoms with van der Waals surface area (Å²) >= 11 is 7.62. The second-order valence-electron chi connectivity index (χ2n) is 3.95. The molecule has 2 rings (SSSR count). The lowest BCUT2D eigenvalue weighted by atomic mass is 10.2. The summed E-state index contributed by atoms with van der Waals surface area (Å²) < 4.78 is 0.857. The molecule has 1 fully saturated rings. The Labute approximate surface area is 100 Å². The van der Waals surface area contributed by atoms with E-state index in [1.54, 1.807) is 11.3 Å². The van der Waals surface area contributed by atoms with Crippen molar-refractivity contribution in [1.29, 1.82) is 0 Å². The monoisotopic (exact) mass is 244 g/mol. The first-order valence-corrected chi connectivity index (χ1v) is 6.66. The van der Waals surface area contributed by atoms with Crippen LogP contribution in [0.1, 0.15) is 30.7 Å². The molecule has 1 aromatic heterocycles. The Balaban J connectivity index is 2.14. The van der Waals surface area contributed by atoms with Crippen molar-refractivity contribution in [2.24, 2.45) is 5.73 Å². The highest BCUT2D eigenvalue weighted by atomic mass is 35.5. The molecule has 2 nitrogen and oxygen atoms in total. The molecule has 0 bridgehead atoms. The van der Waals surface area contributed by atoms with E-state index in [0.717, 1.165) is 16.9 Å². The van der Waals surface area contributed by atoms with Crippen LogP contribution in [0.4, 0.5) is 0 Å². The second kappa shape index (κ2) is 4.83. The molecule has 1 aliphatic rings. The fourth-order valence-corrected chi connectivity index (χ4v) is 3.26. The zero-order valence-electron chi connectivity index (χ0n) is 8.95. The zero-order valence-corrected chi connectivity index (χ0v) is 10.5. The molecule has 0 aliphatic heterocycles. The van der Waals surface area contributed by atoms with Crippen molar-refractivity contribution < 1.29 is 0 Å². The smallest absolute Gasteiger partial charge is 0.0931 e. The minimum absolute atomic E-state index is 0.361. The van der Waals surface area contributed by atoms with Gasteiger partial charge < -0.3 is 5.73 Å². The van der Waals surface area contributed by atoms with Gasteiger partial charge in [-0.15, -0.1) is 11.3 Å². The standard InChI is InChI=1S/C11H17ClN2S/c1-2-14(8-3-4-8)9(7-13)10-5-6-11(12)15-10/h5-6,8-9H,2-4,7,13H2,1H3. The Morgan fingerprint density at radius 1 is 1.60 bits per heavy atom. The van der Waals surface area contributed by atoms with Crippen LogP contribution in [0.3, 0.4) is 0 Å². The molecule has 1 unspecified atom stereocenters. The number of hydrogen-bond acceptors (Lipinski definition) is 3. The van der Waals surface area contributed by atoms with Gasteiger partial charge in [0.15, 0.2) is 0 Å². The molecule has 4 heteroatoms. The van der Waals surface area contributed by atoms with Crippen molar-refractivity contribution in [3.8, 4) is 0 Å². The second-order valence-corrected chi connectivity index (χ2v) is 5.70. The van der Waals surface area contributed by atoms with Crippen molar-refractivity contribution in [2.45, 2.75) is 31.8 Å². The molecular formula is C11H17ClN2S. The van der Waals surface area contributed by atoms with Gasteiger partial charge in [0.25, 0.3) is 0 Å². The van der Waals surface area contributed by atoms with Gasteiger partial charge in [-0.25, -0.2) is 0 Å². The van der Waals surface area contributed by atoms with Gasteiger partial charge in [0.1, 0.15) is 0 Å². The van der Waals surface area contributed by atoms with Crippen LogP contribution in [0.2, 0.25) is 4.34 Å². The lowest BCUT2D eigenvalue weighted by Crippen LogP contribution is -2.34. The molecule has 0 amide bonds. The van der Waals surface area contributed by atoms with E-state index in [-0.39, 0.29) is 0 Å². The van der Waals surface area contributed by atoms with Crippen LogP contribution in [-0.2, 0) is 0 Å². The number of nitrogens with zero attached hydrogens (tertiary/aromatic N) is 1. The maximum atomic E-state index is 5.96. The number of likely N-dealkylation sites (N-methyl/N-ethyl adjacent to an activating group) is 1. The Bertz CT molecular complexity index is 322. The van der Waals surface area contributed by atoms with Crippen molar-refractivity contribution in [1.82, 2.24) is 4.90 Å². The minimum atomic E-state index is 0.361. The van der Waals surface area contributed by atoms with E-state index in [9.17, 15) is 0 Å². The quantitative estimate of drug-likeness (QED) is 0.863. The Morgan fingerprint density at radius 3 is 2.73 bits per heavy atom. The highest BCUT2D eigenvalue weighted by Crippen LogP contribution is 2.36. The first kappa shape index (κ1) is 11.4. The molecule has 15 heavy (non-hydrogen) atoms. The molecule has 1 heterocycles. The Morgan fingerprint density at radius 2 is 2.33 bits per heavy atom. The first-order valence-electron chi connectivity index (χ1n) is 5.47. The highest BCUT2D eigenvalue weighted by molar-refractivity contribution is 7.16. The highest BCUT2D eigenvalue weighted by Gasteiger charge is 2.33. The van der Waals surface area contributed by atoms with Crippen LogP contribution in [-0.4, -0.2) is 24.0 Å². The van der Waals surface area contributed by atoms with Crippen LogP contribution in [0.25, 0.3) is 0 Å². The fourth-order valence-electron chi connectivity index (χ4n) is 2.06. The number of nitrogens with two attached hydrogens (primary N) is 1. The topological polar surface area (TPSA) is 29.3 Å². The van der Waals surface area contributed by atoms with Gasteiger partial charge in [0, 0.05) is 17.5 Å². The molecule has 0 saturated heterocycles. The van der Waals surface area contributed by atoms with E-state index in [1.807, 2.05) is 6.07 Å². The summed E-state index contributed by atoms with van der Waals surface area (Å²) in [6.07, 6.45) is 2.65. The first-order chi connectivity index (χ1) is 7.26. The van der Waals surface area contributed by atoms with Gasteiger partial charge in [0.05, 0.1) is 10.4 Å². The molecule has 0 aromatic carbocycles. The number of rotatable bonds is 5. The SMILES string of the molecule is CCN(C1CC1)C(CN)c1ccc(Cl)s1. The van der Waals surface area contributed by atoms with Crippen molar-refractivity contribution in [3.05, 3.63) is 21.3 Å². The van der Waals surface area contributed by atoms with Gasteiger partial charge >= 0.3 is 0 Å². The minimum Gasteiger partial charge on any atom is -0.329 e. The summed E-state index contributed by atoms with van der Waals surface area (Å²) in [5.41, 5.74) is 5.88. The van der Waals surface area contributed by atoms with E-state index in [4.69, 9.17) is 17.3 Å². The third kappa shape index (κ3) is 2.53. The fraction of sp³-hybridized carbons (Fsp3) is 0.636.